The number of hydrogen-bond donors (Lipinski definition) is 2. The highest BCUT2D eigenvalue weighted by Crippen LogP contribution is 2.32. The molecule has 0 spiro atoms. The van der Waals surface area contributed by atoms with Crippen LogP contribution in [-0.4, -0.2) is 80.8 Å². The highest BCUT2D eigenvalue weighted by Gasteiger charge is 2.26. The fourth-order valence-electron chi connectivity index (χ4n) is 4.49. The van der Waals surface area contributed by atoms with Gasteiger partial charge in [0.05, 0.1) is 37.4 Å². The van der Waals surface area contributed by atoms with E-state index in [0.29, 0.717) is 75.0 Å². The second kappa shape index (κ2) is 11.7. The van der Waals surface area contributed by atoms with Crippen molar-refractivity contribution in [1.29, 1.82) is 0 Å². The van der Waals surface area contributed by atoms with Crippen LogP contribution in [0.2, 0.25) is 0 Å². The Morgan fingerprint density at radius 1 is 1.06 bits per heavy atom. The number of nitrogens with one attached hydrogen (secondary N) is 1. The molecule has 3 fully saturated rings. The largest absolute Gasteiger partial charge is 0.440 e. The lowest BCUT2D eigenvalue weighted by Gasteiger charge is -2.28. The SMILES string of the molecule is CC(C)(C)OO.O=C(c1cc(C2CCCN2)c2oc(N3CCOCC3)cc(=O)c2c1)N1CCOCC1. The van der Waals surface area contributed by atoms with Gasteiger partial charge in [0.15, 0.2) is 11.3 Å². The van der Waals surface area contributed by atoms with Gasteiger partial charge in [-0.1, -0.05) is 0 Å². The maximum atomic E-state index is 13.1. The zero-order chi connectivity index (χ0) is 25.7. The summed E-state index contributed by atoms with van der Waals surface area (Å²) in [4.78, 5) is 34.0. The Balaban J connectivity index is 0.000000455. The van der Waals surface area contributed by atoms with Crippen LogP contribution in [0.3, 0.4) is 0 Å². The summed E-state index contributed by atoms with van der Waals surface area (Å²) in [7, 11) is 0. The monoisotopic (exact) mass is 503 g/mol. The van der Waals surface area contributed by atoms with Gasteiger partial charge in [-0.3, -0.25) is 14.8 Å². The molecule has 2 N–H and O–H groups in total. The molecule has 3 saturated heterocycles. The molecule has 0 aliphatic carbocycles. The third-order valence-corrected chi connectivity index (χ3v) is 6.42. The van der Waals surface area contributed by atoms with Gasteiger partial charge in [-0.2, -0.15) is 0 Å². The zero-order valence-corrected chi connectivity index (χ0v) is 21.4. The summed E-state index contributed by atoms with van der Waals surface area (Å²) >= 11 is 0. The molecule has 0 bridgehead atoms. The Bertz CT molecular complexity index is 1090. The summed E-state index contributed by atoms with van der Waals surface area (Å²) in [6.45, 7) is 11.1. The normalized spacial score (nSPS) is 20.8. The van der Waals surface area contributed by atoms with Gasteiger partial charge < -0.3 is 29.0 Å². The van der Waals surface area contributed by atoms with Crippen molar-refractivity contribution in [2.45, 2.75) is 45.3 Å². The summed E-state index contributed by atoms with van der Waals surface area (Å²) in [6, 6.07) is 5.23. The summed E-state index contributed by atoms with van der Waals surface area (Å²) < 4.78 is 17.1. The van der Waals surface area contributed by atoms with Crippen molar-refractivity contribution in [3.8, 4) is 0 Å². The van der Waals surface area contributed by atoms with Gasteiger partial charge in [-0.25, -0.2) is 4.89 Å². The first-order valence-corrected chi connectivity index (χ1v) is 12.6. The fourth-order valence-corrected chi connectivity index (χ4v) is 4.49. The minimum Gasteiger partial charge on any atom is -0.440 e. The Morgan fingerprint density at radius 3 is 2.28 bits per heavy atom. The van der Waals surface area contributed by atoms with Crippen molar-refractivity contribution in [3.63, 3.8) is 0 Å². The molecule has 1 amide bonds. The van der Waals surface area contributed by atoms with E-state index in [0.717, 1.165) is 24.9 Å². The van der Waals surface area contributed by atoms with E-state index in [1.807, 2.05) is 11.0 Å². The van der Waals surface area contributed by atoms with Crippen LogP contribution in [0.15, 0.2) is 27.4 Å². The average Bonchev–Trinajstić information content (AvgIpc) is 3.44. The van der Waals surface area contributed by atoms with Gasteiger partial charge in [0.2, 0.25) is 0 Å². The number of fused-ring (bicyclic) bond motifs is 1. The molecule has 5 rings (SSSR count). The average molecular weight is 504 g/mol. The molecule has 198 valence electrons. The molecule has 10 heteroatoms. The van der Waals surface area contributed by atoms with Crippen LogP contribution < -0.4 is 15.6 Å². The van der Waals surface area contributed by atoms with Gasteiger partial charge in [0.25, 0.3) is 5.91 Å². The molecule has 3 aliphatic heterocycles. The van der Waals surface area contributed by atoms with E-state index in [9.17, 15) is 9.59 Å². The molecular weight excluding hydrogens is 466 g/mol. The van der Waals surface area contributed by atoms with Gasteiger partial charge >= 0.3 is 0 Å². The molecule has 0 saturated carbocycles. The van der Waals surface area contributed by atoms with Crippen LogP contribution in [0.25, 0.3) is 11.0 Å². The molecule has 36 heavy (non-hydrogen) atoms. The minimum absolute atomic E-state index is 0.0592. The summed E-state index contributed by atoms with van der Waals surface area (Å²) in [5, 5.41) is 11.9. The lowest BCUT2D eigenvalue weighted by atomic mass is 9.98. The van der Waals surface area contributed by atoms with Crippen molar-refractivity contribution in [1.82, 2.24) is 10.2 Å². The van der Waals surface area contributed by atoms with Crippen molar-refractivity contribution in [3.05, 3.63) is 39.5 Å². The predicted molar refractivity (Wildman–Crippen MR) is 136 cm³/mol. The molecule has 1 atom stereocenters. The van der Waals surface area contributed by atoms with E-state index in [4.69, 9.17) is 19.1 Å². The van der Waals surface area contributed by atoms with Crippen molar-refractivity contribution in [2.24, 2.45) is 0 Å². The molecule has 4 heterocycles. The highest BCUT2D eigenvalue weighted by atomic mass is 17.1. The first-order valence-electron chi connectivity index (χ1n) is 12.6. The first kappa shape index (κ1) is 26.6. The number of carbonyl (C=O) groups is 1. The van der Waals surface area contributed by atoms with Gasteiger partial charge in [-0.15, -0.1) is 0 Å². The van der Waals surface area contributed by atoms with E-state index in [1.165, 1.54) is 0 Å². The summed E-state index contributed by atoms with van der Waals surface area (Å²) in [5.41, 5.74) is 1.50. The Morgan fingerprint density at radius 2 is 1.69 bits per heavy atom. The predicted octanol–water partition coefficient (Wildman–Crippen LogP) is 2.80. The smallest absolute Gasteiger partial charge is 0.254 e. The molecule has 10 nitrogen and oxygen atoms in total. The van der Waals surface area contributed by atoms with Crippen LogP contribution in [0.5, 0.6) is 0 Å². The number of hydrogen-bond acceptors (Lipinski definition) is 9. The lowest BCUT2D eigenvalue weighted by molar-refractivity contribution is -0.306. The minimum atomic E-state index is -0.403. The highest BCUT2D eigenvalue weighted by molar-refractivity contribution is 5.99. The van der Waals surface area contributed by atoms with Crippen molar-refractivity contribution < 1.29 is 28.8 Å². The van der Waals surface area contributed by atoms with Crippen molar-refractivity contribution in [2.75, 3.05) is 64.1 Å². The van der Waals surface area contributed by atoms with Gasteiger partial charge in [-0.05, 0) is 52.3 Å². The maximum Gasteiger partial charge on any atom is 0.254 e. The van der Waals surface area contributed by atoms with Crippen LogP contribution in [0.1, 0.15) is 55.6 Å². The molecule has 1 aromatic heterocycles. The van der Waals surface area contributed by atoms with E-state index < -0.39 is 5.60 Å². The molecular formula is C26H37N3O7. The number of amides is 1. The number of carbonyl (C=O) groups excluding carboxylic acids is 1. The molecule has 2 aromatic rings. The maximum absolute atomic E-state index is 13.1. The van der Waals surface area contributed by atoms with Crippen molar-refractivity contribution >= 4 is 22.8 Å². The second-order valence-electron chi connectivity index (χ2n) is 10.2. The van der Waals surface area contributed by atoms with E-state index in [1.54, 1.807) is 37.8 Å². The number of morpholine rings is 2. The lowest BCUT2D eigenvalue weighted by Crippen LogP contribution is -2.40. The number of anilines is 1. The number of ether oxygens (including phenoxy) is 2. The van der Waals surface area contributed by atoms with E-state index >= 15 is 0 Å². The summed E-state index contributed by atoms with van der Waals surface area (Å²) in [5.74, 6) is 0.512. The van der Waals surface area contributed by atoms with Crippen LogP contribution in [0.4, 0.5) is 5.88 Å². The number of benzene rings is 1. The summed E-state index contributed by atoms with van der Waals surface area (Å²) in [6.07, 6.45) is 2.01. The fraction of sp³-hybridized carbons (Fsp3) is 0.615. The topological polar surface area (TPSA) is 114 Å². The van der Waals surface area contributed by atoms with Gasteiger partial charge in [0, 0.05) is 49.4 Å². The Labute approximate surface area is 211 Å². The van der Waals surface area contributed by atoms with Gasteiger partial charge in [0.1, 0.15) is 5.58 Å². The third-order valence-electron chi connectivity index (χ3n) is 6.42. The number of rotatable bonds is 3. The third kappa shape index (κ3) is 6.43. The standard InChI is InChI=1S/C22H27N3O5.C4H10O2/c26-19-14-20(24-4-8-28-9-5-24)30-21-16(18-2-1-3-23-18)12-15(13-17(19)21)22(27)25-6-10-29-11-7-25;1-4(2,3)6-5/h12-14,18,23H,1-11H2;5H,1-3H3. The quantitative estimate of drug-likeness (QED) is 0.482. The Hall–Kier alpha value is -2.50. The van der Waals surface area contributed by atoms with E-state index in [-0.39, 0.29) is 17.4 Å². The Kier molecular flexibility index (Phi) is 8.63. The molecule has 3 aliphatic rings. The zero-order valence-electron chi connectivity index (χ0n) is 21.4. The molecule has 1 unspecified atom stereocenters. The molecule has 1 aromatic carbocycles. The van der Waals surface area contributed by atoms with E-state index in [2.05, 4.69) is 10.2 Å². The number of nitrogens with zero attached hydrogens (tertiary/aromatic N) is 2. The molecule has 0 radical (unpaired) electrons. The first-order chi connectivity index (χ1) is 17.3. The van der Waals surface area contributed by atoms with Crippen LogP contribution in [0, 0.1) is 0 Å². The second-order valence-corrected chi connectivity index (χ2v) is 10.2. The van der Waals surface area contributed by atoms with Crippen LogP contribution in [-0.2, 0) is 14.4 Å². The van der Waals surface area contributed by atoms with Crippen LogP contribution >= 0.6 is 0 Å².